The third-order valence-electron chi connectivity index (χ3n) is 5.10. The maximum absolute atomic E-state index is 6.08. The highest BCUT2D eigenvalue weighted by molar-refractivity contribution is 5.17. The molecular formula is C17H31N3O. The summed E-state index contributed by atoms with van der Waals surface area (Å²) in [6, 6.07) is 0.226. The van der Waals surface area contributed by atoms with Crippen LogP contribution in [0.4, 0.5) is 0 Å². The average molecular weight is 293 g/mol. The number of hydrogen-bond acceptors (Lipinski definition) is 3. The first kappa shape index (κ1) is 16.5. The van der Waals surface area contributed by atoms with Gasteiger partial charge in [0, 0.05) is 25.4 Å². The molecule has 2 rings (SSSR count). The molecule has 0 amide bonds. The Labute approximate surface area is 129 Å². The lowest BCUT2D eigenvalue weighted by molar-refractivity contribution is -0.0873. The van der Waals surface area contributed by atoms with E-state index in [4.69, 9.17) is 4.74 Å². The summed E-state index contributed by atoms with van der Waals surface area (Å²) >= 11 is 0. The van der Waals surface area contributed by atoms with Crippen LogP contribution in [0.25, 0.3) is 0 Å². The summed E-state index contributed by atoms with van der Waals surface area (Å²) < 4.78 is 8.08. The second kappa shape index (κ2) is 6.49. The van der Waals surface area contributed by atoms with Gasteiger partial charge in [-0.15, -0.1) is 0 Å². The summed E-state index contributed by atoms with van der Waals surface area (Å²) in [7, 11) is 1.87. The van der Waals surface area contributed by atoms with Crippen LogP contribution in [0, 0.1) is 5.41 Å². The second-order valence-corrected chi connectivity index (χ2v) is 7.05. The normalized spacial score (nSPS) is 22.1. The van der Waals surface area contributed by atoms with Gasteiger partial charge in [-0.1, -0.05) is 20.8 Å². The maximum atomic E-state index is 6.08. The van der Waals surface area contributed by atoms with Gasteiger partial charge >= 0.3 is 0 Å². The number of methoxy groups -OCH3 is 1. The van der Waals surface area contributed by atoms with Gasteiger partial charge in [0.05, 0.1) is 17.8 Å². The molecule has 0 aliphatic heterocycles. The van der Waals surface area contributed by atoms with Crippen molar-refractivity contribution in [1.29, 1.82) is 0 Å². The zero-order valence-corrected chi connectivity index (χ0v) is 14.3. The Bertz CT molecular complexity index is 443. The summed E-state index contributed by atoms with van der Waals surface area (Å²) in [4.78, 5) is 0. The van der Waals surface area contributed by atoms with Crippen LogP contribution in [0.15, 0.2) is 12.4 Å². The molecule has 1 heterocycles. The Hall–Kier alpha value is -0.870. The summed E-state index contributed by atoms with van der Waals surface area (Å²) in [5, 5.41) is 8.09. The number of hydrogen-bond donors (Lipinski definition) is 1. The molecule has 1 fully saturated rings. The van der Waals surface area contributed by atoms with Crippen LogP contribution in [0.2, 0.25) is 0 Å². The van der Waals surface area contributed by atoms with E-state index < -0.39 is 0 Å². The zero-order valence-electron chi connectivity index (χ0n) is 14.3. The molecular weight excluding hydrogens is 262 g/mol. The van der Waals surface area contributed by atoms with Gasteiger partial charge in [0.15, 0.2) is 0 Å². The van der Waals surface area contributed by atoms with E-state index in [1.165, 1.54) is 18.4 Å². The molecule has 1 aromatic heterocycles. The SMILES string of the molecule is CCNC(c1cnn(CC)c1)C1(OC)CCC(C)(C)CC1. The zero-order chi connectivity index (χ0) is 15.5. The highest BCUT2D eigenvalue weighted by Gasteiger charge is 2.45. The van der Waals surface area contributed by atoms with Gasteiger partial charge < -0.3 is 10.1 Å². The summed E-state index contributed by atoms with van der Waals surface area (Å²) in [5.41, 5.74) is 1.58. The monoisotopic (exact) mass is 293 g/mol. The fourth-order valence-electron chi connectivity index (χ4n) is 3.47. The Morgan fingerprint density at radius 3 is 2.43 bits per heavy atom. The minimum absolute atomic E-state index is 0.104. The lowest BCUT2D eigenvalue weighted by atomic mass is 9.67. The van der Waals surface area contributed by atoms with Crippen molar-refractivity contribution in [2.75, 3.05) is 13.7 Å². The number of aromatic nitrogens is 2. The fourth-order valence-corrected chi connectivity index (χ4v) is 3.47. The highest BCUT2D eigenvalue weighted by atomic mass is 16.5. The van der Waals surface area contributed by atoms with E-state index >= 15 is 0 Å². The topological polar surface area (TPSA) is 39.1 Å². The predicted octanol–water partition coefficient (Wildman–Crippen LogP) is 3.54. The Morgan fingerprint density at radius 2 is 1.95 bits per heavy atom. The first-order valence-electron chi connectivity index (χ1n) is 8.27. The van der Waals surface area contributed by atoms with Gasteiger partial charge in [-0.05, 0) is 44.6 Å². The number of likely N-dealkylation sites (N-methyl/N-ethyl adjacent to an activating group) is 1. The van der Waals surface area contributed by atoms with Crippen LogP contribution < -0.4 is 5.32 Å². The number of nitrogens with one attached hydrogen (secondary N) is 1. The van der Waals surface area contributed by atoms with E-state index in [0.717, 1.165) is 25.9 Å². The molecule has 4 heteroatoms. The van der Waals surface area contributed by atoms with Crippen LogP contribution in [-0.4, -0.2) is 29.0 Å². The second-order valence-electron chi connectivity index (χ2n) is 7.05. The molecule has 0 spiro atoms. The lowest BCUT2D eigenvalue weighted by Gasteiger charge is -2.47. The highest BCUT2D eigenvalue weighted by Crippen LogP contribution is 2.47. The Balaban J connectivity index is 2.26. The molecule has 1 atom stereocenters. The van der Waals surface area contributed by atoms with E-state index in [0.29, 0.717) is 5.41 Å². The average Bonchev–Trinajstić information content (AvgIpc) is 2.94. The molecule has 120 valence electrons. The van der Waals surface area contributed by atoms with Crippen molar-refractivity contribution in [3.63, 3.8) is 0 Å². The maximum Gasteiger partial charge on any atom is 0.0874 e. The minimum Gasteiger partial charge on any atom is -0.376 e. The minimum atomic E-state index is -0.104. The molecule has 21 heavy (non-hydrogen) atoms. The molecule has 0 bridgehead atoms. The number of aryl methyl sites for hydroxylation is 1. The van der Waals surface area contributed by atoms with Crippen LogP contribution in [0.3, 0.4) is 0 Å². The van der Waals surface area contributed by atoms with E-state index in [2.05, 4.69) is 44.3 Å². The summed E-state index contributed by atoms with van der Waals surface area (Å²) in [6.07, 6.45) is 8.79. The standard InChI is InChI=1S/C17H31N3O/c1-6-18-15(14-12-19-20(7-2)13-14)17(21-5)10-8-16(3,4)9-11-17/h12-13,15,18H,6-11H2,1-5H3. The quantitative estimate of drug-likeness (QED) is 0.872. The molecule has 1 aliphatic rings. The predicted molar refractivity (Wildman–Crippen MR) is 86.3 cm³/mol. The van der Waals surface area contributed by atoms with Crippen molar-refractivity contribution < 1.29 is 4.74 Å². The third-order valence-corrected chi connectivity index (χ3v) is 5.10. The molecule has 0 aromatic carbocycles. The van der Waals surface area contributed by atoms with Crippen molar-refractivity contribution in [2.24, 2.45) is 5.41 Å². The van der Waals surface area contributed by atoms with Gasteiger partial charge in [-0.25, -0.2) is 0 Å². The number of nitrogens with zero attached hydrogens (tertiary/aromatic N) is 2. The molecule has 0 saturated heterocycles. The molecule has 1 saturated carbocycles. The summed E-state index contributed by atoms with van der Waals surface area (Å²) in [6.45, 7) is 10.9. The Morgan fingerprint density at radius 1 is 1.29 bits per heavy atom. The molecule has 0 radical (unpaired) electrons. The van der Waals surface area contributed by atoms with Crippen LogP contribution in [0.1, 0.15) is 65.0 Å². The fraction of sp³-hybridized carbons (Fsp3) is 0.824. The van der Waals surface area contributed by atoms with Crippen molar-refractivity contribution in [1.82, 2.24) is 15.1 Å². The molecule has 1 N–H and O–H groups in total. The Kier molecular flexibility index (Phi) is 5.10. The smallest absolute Gasteiger partial charge is 0.0874 e. The van der Waals surface area contributed by atoms with Gasteiger partial charge in [-0.2, -0.15) is 5.10 Å². The van der Waals surface area contributed by atoms with Gasteiger partial charge in [-0.3, -0.25) is 4.68 Å². The first-order valence-corrected chi connectivity index (χ1v) is 8.27. The molecule has 1 aliphatic carbocycles. The van der Waals surface area contributed by atoms with Gasteiger partial charge in [0.1, 0.15) is 0 Å². The van der Waals surface area contributed by atoms with E-state index in [9.17, 15) is 0 Å². The largest absolute Gasteiger partial charge is 0.376 e. The molecule has 1 aromatic rings. The van der Waals surface area contributed by atoms with Gasteiger partial charge in [0.2, 0.25) is 0 Å². The van der Waals surface area contributed by atoms with Crippen LogP contribution in [0.5, 0.6) is 0 Å². The van der Waals surface area contributed by atoms with Crippen molar-refractivity contribution in [3.05, 3.63) is 18.0 Å². The first-order chi connectivity index (χ1) is 9.96. The van der Waals surface area contributed by atoms with Crippen LogP contribution >= 0.6 is 0 Å². The van der Waals surface area contributed by atoms with E-state index in [-0.39, 0.29) is 11.6 Å². The number of rotatable bonds is 6. The summed E-state index contributed by atoms with van der Waals surface area (Å²) in [5.74, 6) is 0. The molecule has 4 nitrogen and oxygen atoms in total. The van der Waals surface area contributed by atoms with E-state index in [1.54, 1.807) is 0 Å². The number of ether oxygens (including phenoxy) is 1. The van der Waals surface area contributed by atoms with Crippen LogP contribution in [-0.2, 0) is 11.3 Å². The van der Waals surface area contributed by atoms with Crippen molar-refractivity contribution in [2.45, 2.75) is 71.6 Å². The van der Waals surface area contributed by atoms with Crippen molar-refractivity contribution >= 4 is 0 Å². The lowest BCUT2D eigenvalue weighted by Crippen LogP contribution is -2.49. The third kappa shape index (κ3) is 3.49. The molecule has 1 unspecified atom stereocenters. The van der Waals surface area contributed by atoms with Crippen molar-refractivity contribution in [3.8, 4) is 0 Å². The van der Waals surface area contributed by atoms with E-state index in [1.807, 2.05) is 18.0 Å². The van der Waals surface area contributed by atoms with Gasteiger partial charge in [0.25, 0.3) is 0 Å².